The normalized spacial score (nSPS) is 11.6. The van der Waals surface area contributed by atoms with Gasteiger partial charge in [-0.25, -0.2) is 0 Å². The van der Waals surface area contributed by atoms with Crippen molar-refractivity contribution in [1.82, 2.24) is 10.1 Å². The molecule has 1 aromatic rings. The van der Waals surface area contributed by atoms with E-state index in [1.807, 2.05) is 0 Å². The summed E-state index contributed by atoms with van der Waals surface area (Å²) in [4.78, 5) is 16.0. The number of hydrogen-bond acceptors (Lipinski definition) is 7. The van der Waals surface area contributed by atoms with Crippen molar-refractivity contribution < 1.29 is 23.5 Å². The van der Waals surface area contributed by atoms with E-state index in [9.17, 15) is 4.79 Å². The highest BCUT2D eigenvalue weighted by atomic mass is 16.5. The van der Waals surface area contributed by atoms with Gasteiger partial charge in [-0.1, -0.05) is 5.16 Å². The van der Waals surface area contributed by atoms with Crippen LogP contribution in [0.1, 0.15) is 32.5 Å². The lowest BCUT2D eigenvalue weighted by molar-refractivity contribution is -0.149. The lowest BCUT2D eigenvalue weighted by atomic mass is 9.94. The predicted molar refractivity (Wildman–Crippen MR) is 70.4 cm³/mol. The molecule has 1 aromatic heterocycles. The van der Waals surface area contributed by atoms with Crippen LogP contribution in [-0.4, -0.2) is 49.6 Å². The number of carbonyl (C=O) groups is 1. The Morgan fingerprint density at radius 1 is 1.30 bits per heavy atom. The molecule has 7 heteroatoms. The number of ether oxygens (including phenoxy) is 3. The summed E-state index contributed by atoms with van der Waals surface area (Å²) in [6.07, 6.45) is 0.520. The van der Waals surface area contributed by atoms with Gasteiger partial charge in [-0.2, -0.15) is 4.98 Å². The molecule has 0 amide bonds. The molecule has 0 aromatic carbocycles. The topological polar surface area (TPSA) is 83.7 Å². The molecule has 0 fully saturated rings. The molecule has 0 spiro atoms. The van der Waals surface area contributed by atoms with Crippen molar-refractivity contribution in [2.45, 2.75) is 32.6 Å². The number of rotatable bonds is 9. The number of carbonyl (C=O) groups excluding carboxylic acids is 1. The lowest BCUT2D eigenvalue weighted by Gasteiger charge is -2.16. The van der Waals surface area contributed by atoms with Crippen LogP contribution >= 0.6 is 0 Å². The maximum atomic E-state index is 11.8. The van der Waals surface area contributed by atoms with E-state index in [2.05, 4.69) is 10.1 Å². The summed E-state index contributed by atoms with van der Waals surface area (Å²) in [6, 6.07) is 0. The lowest BCUT2D eigenvalue weighted by Crippen LogP contribution is -2.31. The third kappa shape index (κ3) is 4.57. The van der Waals surface area contributed by atoms with Crippen molar-refractivity contribution in [3.63, 3.8) is 0 Å². The Hall–Kier alpha value is -1.47. The van der Waals surface area contributed by atoms with E-state index in [-0.39, 0.29) is 11.9 Å². The van der Waals surface area contributed by atoms with E-state index in [1.54, 1.807) is 27.9 Å². The highest BCUT2D eigenvalue weighted by Gasteiger charge is 2.37. The zero-order chi connectivity index (χ0) is 15.0. The molecule has 0 aliphatic carbocycles. The van der Waals surface area contributed by atoms with Crippen LogP contribution in [0.25, 0.3) is 0 Å². The first-order valence-corrected chi connectivity index (χ1v) is 6.59. The van der Waals surface area contributed by atoms with Gasteiger partial charge in [0, 0.05) is 13.5 Å². The molecule has 20 heavy (non-hydrogen) atoms. The average Bonchev–Trinajstić information content (AvgIpc) is 2.88. The Labute approximate surface area is 118 Å². The molecule has 0 radical (unpaired) electrons. The van der Waals surface area contributed by atoms with E-state index in [4.69, 9.17) is 18.7 Å². The van der Waals surface area contributed by atoms with Crippen LogP contribution in [0.3, 0.4) is 0 Å². The molecule has 0 bridgehead atoms. The van der Waals surface area contributed by atoms with E-state index in [0.29, 0.717) is 38.7 Å². The summed E-state index contributed by atoms with van der Waals surface area (Å²) >= 11 is 0. The van der Waals surface area contributed by atoms with Gasteiger partial charge in [0.2, 0.25) is 5.89 Å². The molecular weight excluding hydrogens is 264 g/mol. The summed E-state index contributed by atoms with van der Waals surface area (Å²) < 4.78 is 20.3. The Kier molecular flexibility index (Phi) is 6.60. The number of aromatic nitrogens is 2. The molecule has 7 nitrogen and oxygen atoms in total. The van der Waals surface area contributed by atoms with Gasteiger partial charge in [0.1, 0.15) is 5.41 Å². The molecule has 0 aliphatic heterocycles. The van der Waals surface area contributed by atoms with Crippen LogP contribution in [-0.2, 0) is 30.8 Å². The number of esters is 1. The zero-order valence-electron chi connectivity index (χ0n) is 12.5. The smallest absolute Gasteiger partial charge is 0.321 e. The number of hydrogen-bond donors (Lipinski definition) is 0. The minimum Gasteiger partial charge on any atom is -0.465 e. The number of nitrogens with zero attached hydrogens (tertiary/aromatic N) is 2. The second kappa shape index (κ2) is 7.96. The van der Waals surface area contributed by atoms with Crippen molar-refractivity contribution in [3.05, 3.63) is 11.7 Å². The molecule has 1 heterocycles. The standard InChI is InChI=1S/C13H22N2O5/c1-5-19-12(16)13(2,3)11-14-10(15-20-11)6-7-18-9-8-17-4/h5-9H2,1-4H3. The van der Waals surface area contributed by atoms with Gasteiger partial charge in [-0.3, -0.25) is 4.79 Å². The average molecular weight is 286 g/mol. The van der Waals surface area contributed by atoms with Crippen molar-refractivity contribution >= 4 is 5.97 Å². The van der Waals surface area contributed by atoms with Crippen LogP contribution in [0, 0.1) is 0 Å². The minimum atomic E-state index is -0.946. The van der Waals surface area contributed by atoms with Crippen molar-refractivity contribution in [2.24, 2.45) is 0 Å². The SMILES string of the molecule is CCOC(=O)C(C)(C)c1nc(CCOCCOC)no1. The van der Waals surface area contributed by atoms with Gasteiger partial charge in [0.15, 0.2) is 5.82 Å². The molecule has 0 aliphatic rings. The van der Waals surface area contributed by atoms with Gasteiger partial charge < -0.3 is 18.7 Å². The first-order valence-electron chi connectivity index (χ1n) is 6.59. The second-order valence-electron chi connectivity index (χ2n) is 4.72. The van der Waals surface area contributed by atoms with Crippen LogP contribution in [0.4, 0.5) is 0 Å². The Balaban J connectivity index is 2.51. The molecule has 0 saturated heterocycles. The molecule has 0 saturated carbocycles. The second-order valence-corrected chi connectivity index (χ2v) is 4.72. The minimum absolute atomic E-state index is 0.253. The Morgan fingerprint density at radius 2 is 2.05 bits per heavy atom. The van der Waals surface area contributed by atoms with Crippen LogP contribution in [0.2, 0.25) is 0 Å². The Morgan fingerprint density at radius 3 is 2.70 bits per heavy atom. The van der Waals surface area contributed by atoms with Crippen molar-refractivity contribution in [1.29, 1.82) is 0 Å². The molecule has 0 atom stereocenters. The molecule has 0 unspecified atom stereocenters. The summed E-state index contributed by atoms with van der Waals surface area (Å²) in [7, 11) is 1.62. The summed E-state index contributed by atoms with van der Waals surface area (Å²) in [5.41, 5.74) is -0.946. The fraction of sp³-hybridized carbons (Fsp3) is 0.769. The fourth-order valence-corrected chi connectivity index (χ4v) is 1.42. The number of methoxy groups -OCH3 is 1. The molecule has 1 rings (SSSR count). The maximum Gasteiger partial charge on any atom is 0.321 e. The fourth-order valence-electron chi connectivity index (χ4n) is 1.42. The molecule has 0 N–H and O–H groups in total. The van der Waals surface area contributed by atoms with Gasteiger partial charge in [-0.05, 0) is 20.8 Å². The summed E-state index contributed by atoms with van der Waals surface area (Å²) in [6.45, 7) is 7.00. The largest absolute Gasteiger partial charge is 0.465 e. The van der Waals surface area contributed by atoms with E-state index < -0.39 is 5.41 Å². The maximum absolute atomic E-state index is 11.8. The predicted octanol–water partition coefficient (Wildman–Crippen LogP) is 1.12. The van der Waals surface area contributed by atoms with Crippen molar-refractivity contribution in [3.8, 4) is 0 Å². The zero-order valence-corrected chi connectivity index (χ0v) is 12.5. The first kappa shape index (κ1) is 16.6. The van der Waals surface area contributed by atoms with Crippen LogP contribution < -0.4 is 0 Å². The summed E-state index contributed by atoms with van der Waals surface area (Å²) in [5.74, 6) is 0.379. The van der Waals surface area contributed by atoms with Crippen LogP contribution in [0.5, 0.6) is 0 Å². The Bertz CT molecular complexity index is 417. The summed E-state index contributed by atoms with van der Waals surface area (Å²) in [5, 5.41) is 3.84. The van der Waals surface area contributed by atoms with E-state index in [1.165, 1.54) is 0 Å². The highest BCUT2D eigenvalue weighted by Crippen LogP contribution is 2.23. The monoisotopic (exact) mass is 286 g/mol. The van der Waals surface area contributed by atoms with Gasteiger partial charge in [0.05, 0.1) is 26.4 Å². The molecular formula is C13H22N2O5. The third-order valence-corrected chi connectivity index (χ3v) is 2.69. The van der Waals surface area contributed by atoms with Gasteiger partial charge in [-0.15, -0.1) is 0 Å². The van der Waals surface area contributed by atoms with E-state index >= 15 is 0 Å². The first-order chi connectivity index (χ1) is 9.52. The highest BCUT2D eigenvalue weighted by molar-refractivity contribution is 5.80. The van der Waals surface area contributed by atoms with Crippen molar-refractivity contribution in [2.75, 3.05) is 33.5 Å². The quantitative estimate of drug-likeness (QED) is 0.496. The third-order valence-electron chi connectivity index (χ3n) is 2.69. The van der Waals surface area contributed by atoms with Gasteiger partial charge >= 0.3 is 5.97 Å². The van der Waals surface area contributed by atoms with E-state index in [0.717, 1.165) is 0 Å². The van der Waals surface area contributed by atoms with Crippen LogP contribution in [0.15, 0.2) is 4.52 Å². The molecule has 114 valence electrons. The van der Waals surface area contributed by atoms with Gasteiger partial charge in [0.25, 0.3) is 0 Å².